The number of anilines is 2. The van der Waals surface area contributed by atoms with Gasteiger partial charge in [0.2, 0.25) is 11.5 Å². The molecule has 0 atom stereocenters. The van der Waals surface area contributed by atoms with E-state index in [0.29, 0.717) is 17.4 Å². The van der Waals surface area contributed by atoms with Crippen LogP contribution in [0, 0.1) is 12.8 Å². The van der Waals surface area contributed by atoms with Crippen molar-refractivity contribution in [2.24, 2.45) is 5.92 Å². The van der Waals surface area contributed by atoms with Crippen molar-refractivity contribution in [3.8, 4) is 5.69 Å². The van der Waals surface area contributed by atoms with Crippen LogP contribution in [0.15, 0.2) is 65.2 Å². The lowest BCUT2D eigenvalue weighted by Crippen LogP contribution is -2.37. The van der Waals surface area contributed by atoms with Crippen molar-refractivity contribution in [2.45, 2.75) is 59.3 Å². The number of piperidine rings is 1. The summed E-state index contributed by atoms with van der Waals surface area (Å²) in [6, 6.07) is 18.9. The van der Waals surface area contributed by atoms with Gasteiger partial charge in [-0.3, -0.25) is 15.0 Å². The van der Waals surface area contributed by atoms with Crippen molar-refractivity contribution >= 4 is 29.3 Å². The number of ketones is 1. The summed E-state index contributed by atoms with van der Waals surface area (Å²) in [7, 11) is 0. The molecule has 46 heavy (non-hydrogen) atoms. The molecule has 0 unspecified atom stereocenters. The Balaban J connectivity index is 1.11. The van der Waals surface area contributed by atoms with Crippen molar-refractivity contribution < 1.29 is 23.6 Å². The molecule has 0 saturated carbocycles. The minimum Gasteiger partial charge on any atom is -0.461 e. The molecule has 0 aliphatic carbocycles. The molecule has 2 amide bonds. The molecule has 2 aromatic carbocycles. The molecule has 2 aromatic heterocycles. The van der Waals surface area contributed by atoms with Gasteiger partial charge in [0.1, 0.15) is 5.82 Å². The fraction of sp³-hybridized carbons (Fsp3) is 0.400. The molecule has 0 bridgehead atoms. The zero-order valence-corrected chi connectivity index (χ0v) is 27.1. The molecule has 242 valence electrons. The molecule has 5 rings (SSSR count). The maximum atomic E-state index is 13.0. The van der Waals surface area contributed by atoms with Crippen molar-refractivity contribution in [1.82, 2.24) is 19.8 Å². The van der Waals surface area contributed by atoms with Gasteiger partial charge in [0.05, 0.1) is 24.5 Å². The van der Waals surface area contributed by atoms with Crippen LogP contribution in [-0.4, -0.2) is 63.9 Å². The van der Waals surface area contributed by atoms with Crippen molar-refractivity contribution in [3.05, 3.63) is 88.9 Å². The Morgan fingerprint density at radius 2 is 1.67 bits per heavy atom. The standard InChI is InChI=1S/C35H42N6O5/c1-6-45-33(43)28-20-30(46-39-28)29(42)22-40-17-15-25(16-18-40)19-24-9-11-26(12-10-24)36-34(44)37-32-21-31(35(3,4)5)38-41(32)27-13-7-23(2)8-14-27/h7-14,20-21,25H,6,15-19,22H2,1-5H3,(H2,36,37,44). The molecule has 1 aliphatic rings. The van der Waals surface area contributed by atoms with Crippen LogP contribution in [0.5, 0.6) is 0 Å². The highest BCUT2D eigenvalue weighted by Crippen LogP contribution is 2.27. The van der Waals surface area contributed by atoms with E-state index >= 15 is 0 Å². The van der Waals surface area contributed by atoms with Crippen LogP contribution in [0.2, 0.25) is 0 Å². The molecule has 4 aromatic rings. The molecular formula is C35H42N6O5. The van der Waals surface area contributed by atoms with E-state index < -0.39 is 5.97 Å². The molecule has 1 aliphatic heterocycles. The number of esters is 1. The lowest BCUT2D eigenvalue weighted by molar-refractivity contribution is 0.0513. The third-order valence-electron chi connectivity index (χ3n) is 8.08. The maximum Gasteiger partial charge on any atom is 0.360 e. The van der Waals surface area contributed by atoms with E-state index in [1.54, 1.807) is 11.6 Å². The second-order valence-corrected chi connectivity index (χ2v) is 12.8. The van der Waals surface area contributed by atoms with Gasteiger partial charge in [0.15, 0.2) is 5.69 Å². The molecule has 1 fully saturated rings. The molecule has 11 nitrogen and oxygen atoms in total. The molecule has 0 radical (unpaired) electrons. The number of Topliss-reactive ketones (excluding diaryl/α,β-unsaturated/α-hetero) is 1. The van der Waals surface area contributed by atoms with Crippen LogP contribution < -0.4 is 10.6 Å². The van der Waals surface area contributed by atoms with E-state index in [4.69, 9.17) is 14.4 Å². The van der Waals surface area contributed by atoms with Crippen LogP contribution in [0.3, 0.4) is 0 Å². The number of carbonyl (C=O) groups is 3. The third kappa shape index (κ3) is 8.28. The quantitative estimate of drug-likeness (QED) is 0.152. The van der Waals surface area contributed by atoms with Crippen LogP contribution in [0.1, 0.15) is 78.4 Å². The summed E-state index contributed by atoms with van der Waals surface area (Å²) in [5.74, 6) is 0.350. The van der Waals surface area contributed by atoms with Gasteiger partial charge < -0.3 is 14.6 Å². The zero-order chi connectivity index (χ0) is 32.8. The fourth-order valence-electron chi connectivity index (χ4n) is 5.39. The van der Waals surface area contributed by atoms with Crippen LogP contribution in [-0.2, 0) is 16.6 Å². The first-order valence-corrected chi connectivity index (χ1v) is 15.7. The predicted molar refractivity (Wildman–Crippen MR) is 176 cm³/mol. The van der Waals surface area contributed by atoms with Crippen molar-refractivity contribution in [3.63, 3.8) is 0 Å². The number of rotatable bonds is 10. The highest BCUT2D eigenvalue weighted by Gasteiger charge is 2.25. The highest BCUT2D eigenvalue weighted by atomic mass is 16.5. The summed E-state index contributed by atoms with van der Waals surface area (Å²) < 4.78 is 11.7. The number of hydrogen-bond acceptors (Lipinski definition) is 8. The van der Waals surface area contributed by atoms with E-state index in [1.165, 1.54) is 11.6 Å². The largest absolute Gasteiger partial charge is 0.461 e. The number of carbonyl (C=O) groups excluding carboxylic acids is 3. The number of amides is 2. The fourth-order valence-corrected chi connectivity index (χ4v) is 5.39. The molecule has 0 spiro atoms. The van der Waals surface area contributed by atoms with Gasteiger partial charge in [-0.15, -0.1) is 0 Å². The Kier molecular flexibility index (Phi) is 10.0. The van der Waals surface area contributed by atoms with Crippen LogP contribution in [0.25, 0.3) is 5.69 Å². The first kappa shape index (κ1) is 32.6. The summed E-state index contributed by atoms with van der Waals surface area (Å²) >= 11 is 0. The van der Waals surface area contributed by atoms with Gasteiger partial charge in [-0.1, -0.05) is 55.8 Å². The molecule has 3 heterocycles. The van der Waals surface area contributed by atoms with Gasteiger partial charge in [-0.2, -0.15) is 5.10 Å². The van der Waals surface area contributed by atoms with Crippen LogP contribution in [0.4, 0.5) is 16.3 Å². The van der Waals surface area contributed by atoms with Crippen molar-refractivity contribution in [2.75, 3.05) is 36.9 Å². The number of nitrogens with one attached hydrogen (secondary N) is 2. The number of likely N-dealkylation sites (tertiary alicyclic amines) is 1. The summed E-state index contributed by atoms with van der Waals surface area (Å²) in [5, 5.41) is 14.4. The van der Waals surface area contributed by atoms with E-state index in [1.807, 2.05) is 61.5 Å². The molecular weight excluding hydrogens is 584 g/mol. The number of hydrogen-bond donors (Lipinski definition) is 2. The Hall–Kier alpha value is -4.77. The Morgan fingerprint density at radius 1 is 0.978 bits per heavy atom. The summed E-state index contributed by atoms with van der Waals surface area (Å²) in [4.78, 5) is 39.6. The van der Waals surface area contributed by atoms with Gasteiger partial charge in [0, 0.05) is 23.2 Å². The monoisotopic (exact) mass is 626 g/mol. The minimum absolute atomic E-state index is 0.00557. The Bertz CT molecular complexity index is 1660. The second kappa shape index (κ2) is 14.1. The first-order chi connectivity index (χ1) is 22.0. The number of benzene rings is 2. The molecule has 11 heteroatoms. The lowest BCUT2D eigenvalue weighted by Gasteiger charge is -2.31. The number of urea groups is 1. The average molecular weight is 627 g/mol. The topological polar surface area (TPSA) is 132 Å². The molecule has 1 saturated heterocycles. The SMILES string of the molecule is CCOC(=O)c1cc(C(=O)CN2CCC(Cc3ccc(NC(=O)Nc4cc(C(C)(C)C)nn4-c4ccc(C)cc4)cc3)CC2)on1. The normalized spacial score (nSPS) is 14.2. The molecule has 2 N–H and O–H groups in total. The number of aryl methyl sites for hydroxylation is 1. The highest BCUT2D eigenvalue weighted by molar-refractivity contribution is 5.99. The van der Waals surface area contributed by atoms with Crippen LogP contribution >= 0.6 is 0 Å². The smallest absolute Gasteiger partial charge is 0.360 e. The van der Waals surface area contributed by atoms with E-state index in [-0.39, 0.29) is 41.8 Å². The van der Waals surface area contributed by atoms with Gasteiger partial charge in [-0.25, -0.2) is 14.3 Å². The van der Waals surface area contributed by atoms with Gasteiger partial charge >= 0.3 is 12.0 Å². The average Bonchev–Trinajstić information content (AvgIpc) is 3.68. The minimum atomic E-state index is -0.602. The van der Waals surface area contributed by atoms with Gasteiger partial charge in [-0.05, 0) is 81.9 Å². The zero-order valence-electron chi connectivity index (χ0n) is 27.1. The van der Waals surface area contributed by atoms with E-state index in [0.717, 1.165) is 49.3 Å². The number of aromatic nitrogens is 3. The van der Waals surface area contributed by atoms with E-state index in [9.17, 15) is 14.4 Å². The number of ether oxygens (including phenoxy) is 1. The van der Waals surface area contributed by atoms with Gasteiger partial charge in [0.25, 0.3) is 0 Å². The van der Waals surface area contributed by atoms with Crippen molar-refractivity contribution in [1.29, 1.82) is 0 Å². The maximum absolute atomic E-state index is 13.0. The Labute approximate surface area is 269 Å². The second-order valence-electron chi connectivity index (χ2n) is 12.8. The van der Waals surface area contributed by atoms with E-state index in [2.05, 4.69) is 41.5 Å². The Morgan fingerprint density at radius 3 is 2.33 bits per heavy atom. The summed E-state index contributed by atoms with van der Waals surface area (Å²) in [5.41, 5.74) is 4.62. The lowest BCUT2D eigenvalue weighted by atomic mass is 9.90. The predicted octanol–water partition coefficient (Wildman–Crippen LogP) is 6.42. The third-order valence-corrected chi connectivity index (χ3v) is 8.08. The summed E-state index contributed by atoms with van der Waals surface area (Å²) in [6.45, 7) is 12.1. The number of nitrogens with zero attached hydrogens (tertiary/aromatic N) is 4. The summed E-state index contributed by atoms with van der Waals surface area (Å²) in [6.07, 6.45) is 2.85. The first-order valence-electron chi connectivity index (χ1n) is 15.7.